The number of benzene rings is 2. The molecule has 2 N–H and O–H groups in total. The zero-order chi connectivity index (χ0) is 20.4. The SMILES string of the molecule is CC(=O)c1cccc(NC(=O)C2CCCN(C(=O)c3ccc4cc[nH]c4c3)C2)c1. The van der Waals surface area contributed by atoms with Gasteiger partial charge in [-0.15, -0.1) is 0 Å². The predicted octanol–water partition coefficient (Wildman–Crippen LogP) is 3.86. The summed E-state index contributed by atoms with van der Waals surface area (Å²) in [7, 11) is 0. The van der Waals surface area contributed by atoms with Crippen molar-refractivity contribution in [1.29, 1.82) is 0 Å². The van der Waals surface area contributed by atoms with Crippen LogP contribution in [0, 0.1) is 5.92 Å². The standard InChI is InChI=1S/C23H23N3O3/c1-15(27)17-4-2-6-20(12-17)25-22(28)19-5-3-11-26(14-19)23(29)18-8-7-16-9-10-24-21(16)13-18/h2,4,6-10,12-13,19,24H,3,5,11,14H2,1H3,(H,25,28). The van der Waals surface area contributed by atoms with E-state index in [2.05, 4.69) is 10.3 Å². The van der Waals surface area contributed by atoms with Crippen LogP contribution in [0.3, 0.4) is 0 Å². The van der Waals surface area contributed by atoms with Gasteiger partial charge in [-0.1, -0.05) is 18.2 Å². The van der Waals surface area contributed by atoms with Crippen LogP contribution in [-0.2, 0) is 4.79 Å². The van der Waals surface area contributed by atoms with Crippen molar-refractivity contribution in [3.05, 3.63) is 65.9 Å². The molecule has 0 spiro atoms. The molecule has 1 aromatic heterocycles. The lowest BCUT2D eigenvalue weighted by Crippen LogP contribution is -2.43. The predicted molar refractivity (Wildman–Crippen MR) is 112 cm³/mol. The molecule has 29 heavy (non-hydrogen) atoms. The van der Waals surface area contributed by atoms with Crippen LogP contribution in [0.25, 0.3) is 10.9 Å². The fourth-order valence-electron chi connectivity index (χ4n) is 3.80. The van der Waals surface area contributed by atoms with Crippen LogP contribution < -0.4 is 5.32 Å². The number of aromatic amines is 1. The number of piperidine rings is 1. The zero-order valence-electron chi connectivity index (χ0n) is 16.3. The number of hydrogen-bond donors (Lipinski definition) is 2. The van der Waals surface area contributed by atoms with Gasteiger partial charge in [0.25, 0.3) is 5.91 Å². The number of hydrogen-bond acceptors (Lipinski definition) is 3. The third-order valence-electron chi connectivity index (χ3n) is 5.42. The summed E-state index contributed by atoms with van der Waals surface area (Å²) in [6.07, 6.45) is 3.36. The first-order chi connectivity index (χ1) is 14.0. The summed E-state index contributed by atoms with van der Waals surface area (Å²) in [5, 5.41) is 3.95. The van der Waals surface area contributed by atoms with E-state index in [1.807, 2.05) is 30.5 Å². The van der Waals surface area contributed by atoms with Crippen LogP contribution in [0.15, 0.2) is 54.7 Å². The monoisotopic (exact) mass is 389 g/mol. The maximum absolute atomic E-state index is 13.0. The molecule has 1 unspecified atom stereocenters. The smallest absolute Gasteiger partial charge is 0.253 e. The highest BCUT2D eigenvalue weighted by Gasteiger charge is 2.29. The van der Waals surface area contributed by atoms with Gasteiger partial charge in [0.05, 0.1) is 5.92 Å². The molecule has 4 rings (SSSR count). The molecule has 148 valence electrons. The molecule has 1 aliphatic rings. The minimum atomic E-state index is -0.275. The van der Waals surface area contributed by atoms with Crippen molar-refractivity contribution in [3.8, 4) is 0 Å². The molecule has 2 amide bonds. The number of anilines is 1. The maximum Gasteiger partial charge on any atom is 0.253 e. The zero-order valence-corrected chi connectivity index (χ0v) is 16.3. The first-order valence-corrected chi connectivity index (χ1v) is 9.79. The fourth-order valence-corrected chi connectivity index (χ4v) is 3.80. The Morgan fingerprint density at radius 2 is 1.93 bits per heavy atom. The first-order valence-electron chi connectivity index (χ1n) is 9.79. The van der Waals surface area contributed by atoms with Gasteiger partial charge in [0.15, 0.2) is 5.78 Å². The molecule has 6 heteroatoms. The van der Waals surface area contributed by atoms with Crippen molar-refractivity contribution in [2.45, 2.75) is 19.8 Å². The van der Waals surface area contributed by atoms with Crippen LogP contribution in [-0.4, -0.2) is 40.6 Å². The number of likely N-dealkylation sites (tertiary alicyclic amines) is 1. The average molecular weight is 389 g/mol. The Bertz CT molecular complexity index is 1090. The van der Waals surface area contributed by atoms with E-state index in [9.17, 15) is 14.4 Å². The molecule has 2 aromatic carbocycles. The normalized spacial score (nSPS) is 16.6. The van der Waals surface area contributed by atoms with E-state index in [4.69, 9.17) is 0 Å². The topological polar surface area (TPSA) is 82.3 Å². The second-order valence-corrected chi connectivity index (χ2v) is 7.50. The molecule has 2 heterocycles. The van der Waals surface area contributed by atoms with Gasteiger partial charge in [-0.25, -0.2) is 0 Å². The Morgan fingerprint density at radius 3 is 2.76 bits per heavy atom. The maximum atomic E-state index is 13.0. The minimum absolute atomic E-state index is 0.0467. The summed E-state index contributed by atoms with van der Waals surface area (Å²) in [6, 6.07) is 14.5. The van der Waals surface area contributed by atoms with E-state index in [1.54, 1.807) is 29.2 Å². The lowest BCUT2D eigenvalue weighted by Gasteiger charge is -2.32. The van der Waals surface area contributed by atoms with E-state index >= 15 is 0 Å². The largest absolute Gasteiger partial charge is 0.361 e. The first kappa shape index (κ1) is 18.9. The highest BCUT2D eigenvalue weighted by molar-refractivity contribution is 5.99. The van der Waals surface area contributed by atoms with Gasteiger partial charge in [-0.3, -0.25) is 14.4 Å². The van der Waals surface area contributed by atoms with Gasteiger partial charge in [0.2, 0.25) is 5.91 Å². The summed E-state index contributed by atoms with van der Waals surface area (Å²) < 4.78 is 0. The molecule has 6 nitrogen and oxygen atoms in total. The quantitative estimate of drug-likeness (QED) is 0.665. The number of ketones is 1. The molecule has 1 saturated heterocycles. The molecule has 0 aliphatic carbocycles. The number of Topliss-reactive ketones (excluding diaryl/α,β-unsaturated/α-hetero) is 1. The molecule has 0 saturated carbocycles. The van der Waals surface area contributed by atoms with E-state index in [-0.39, 0.29) is 23.5 Å². The van der Waals surface area contributed by atoms with Crippen LogP contribution >= 0.6 is 0 Å². The number of amides is 2. The van der Waals surface area contributed by atoms with Gasteiger partial charge < -0.3 is 15.2 Å². The number of nitrogens with zero attached hydrogens (tertiary/aromatic N) is 1. The van der Waals surface area contributed by atoms with Gasteiger partial charge in [0.1, 0.15) is 0 Å². The van der Waals surface area contributed by atoms with Gasteiger partial charge >= 0.3 is 0 Å². The van der Waals surface area contributed by atoms with Crippen molar-refractivity contribution in [2.75, 3.05) is 18.4 Å². The summed E-state index contributed by atoms with van der Waals surface area (Å²) in [5.41, 5.74) is 2.70. The van der Waals surface area contributed by atoms with Crippen molar-refractivity contribution in [3.63, 3.8) is 0 Å². The lowest BCUT2D eigenvalue weighted by molar-refractivity contribution is -0.121. The Kier molecular flexibility index (Phi) is 5.16. The molecular weight excluding hydrogens is 366 g/mol. The Morgan fingerprint density at radius 1 is 1.07 bits per heavy atom. The van der Waals surface area contributed by atoms with E-state index in [0.717, 1.165) is 23.7 Å². The Labute approximate surface area is 168 Å². The summed E-state index contributed by atoms with van der Waals surface area (Å²) in [6.45, 7) is 2.53. The Balaban J connectivity index is 1.44. The molecule has 1 fully saturated rings. The minimum Gasteiger partial charge on any atom is -0.361 e. The van der Waals surface area contributed by atoms with Crippen molar-refractivity contribution in [1.82, 2.24) is 9.88 Å². The molecule has 0 radical (unpaired) electrons. The van der Waals surface area contributed by atoms with E-state index in [0.29, 0.717) is 29.9 Å². The number of nitrogens with one attached hydrogen (secondary N) is 2. The third-order valence-corrected chi connectivity index (χ3v) is 5.42. The second-order valence-electron chi connectivity index (χ2n) is 7.50. The number of aromatic nitrogens is 1. The average Bonchev–Trinajstić information content (AvgIpc) is 3.21. The lowest BCUT2D eigenvalue weighted by atomic mass is 9.96. The highest BCUT2D eigenvalue weighted by Crippen LogP contribution is 2.22. The number of H-pyrrole nitrogens is 1. The van der Waals surface area contributed by atoms with Gasteiger partial charge in [0, 0.05) is 41.6 Å². The fraction of sp³-hybridized carbons (Fsp3) is 0.261. The number of carbonyl (C=O) groups is 3. The van der Waals surface area contributed by atoms with Crippen molar-refractivity contribution >= 4 is 34.2 Å². The second kappa shape index (κ2) is 7.91. The summed E-state index contributed by atoms with van der Waals surface area (Å²) in [4.78, 5) is 42.1. The molecule has 0 bridgehead atoms. The van der Waals surface area contributed by atoms with Crippen molar-refractivity contribution < 1.29 is 14.4 Å². The highest BCUT2D eigenvalue weighted by atomic mass is 16.2. The Hall–Kier alpha value is -3.41. The molecular formula is C23H23N3O3. The van der Waals surface area contributed by atoms with Crippen LogP contribution in [0.5, 0.6) is 0 Å². The van der Waals surface area contributed by atoms with Crippen LogP contribution in [0.1, 0.15) is 40.5 Å². The molecule has 1 aliphatic heterocycles. The van der Waals surface area contributed by atoms with Gasteiger partial charge in [-0.2, -0.15) is 0 Å². The van der Waals surface area contributed by atoms with Crippen molar-refractivity contribution in [2.24, 2.45) is 5.92 Å². The third kappa shape index (κ3) is 4.06. The van der Waals surface area contributed by atoms with Gasteiger partial charge in [-0.05, 0) is 55.5 Å². The number of fused-ring (bicyclic) bond motifs is 1. The summed E-state index contributed by atoms with van der Waals surface area (Å²) >= 11 is 0. The molecule has 3 aromatic rings. The van der Waals surface area contributed by atoms with E-state index in [1.165, 1.54) is 6.92 Å². The van der Waals surface area contributed by atoms with E-state index < -0.39 is 0 Å². The number of rotatable bonds is 4. The summed E-state index contributed by atoms with van der Waals surface area (Å²) in [5.74, 6) is -0.502. The van der Waals surface area contributed by atoms with Crippen LogP contribution in [0.4, 0.5) is 5.69 Å². The number of carbonyl (C=O) groups excluding carboxylic acids is 3. The molecule has 1 atom stereocenters. The van der Waals surface area contributed by atoms with Crippen LogP contribution in [0.2, 0.25) is 0 Å².